The Labute approximate surface area is 136 Å². The highest BCUT2D eigenvalue weighted by molar-refractivity contribution is 7.99. The van der Waals surface area contributed by atoms with Gasteiger partial charge in [0.2, 0.25) is 0 Å². The van der Waals surface area contributed by atoms with Gasteiger partial charge in [0.15, 0.2) is 5.16 Å². The molecule has 0 atom stereocenters. The molecule has 0 unspecified atom stereocenters. The third kappa shape index (κ3) is 2.51. The summed E-state index contributed by atoms with van der Waals surface area (Å²) in [5, 5.41) is 5.95. The first-order valence-electron chi connectivity index (χ1n) is 7.36. The van der Waals surface area contributed by atoms with E-state index >= 15 is 0 Å². The topological polar surface area (TPSA) is 63.1 Å². The van der Waals surface area contributed by atoms with Crippen molar-refractivity contribution in [3.63, 3.8) is 0 Å². The number of thioether (sulfide) groups is 1. The molecule has 0 fully saturated rings. The molecule has 2 aromatic carbocycles. The van der Waals surface area contributed by atoms with E-state index in [1.54, 1.807) is 11.8 Å². The van der Waals surface area contributed by atoms with E-state index in [4.69, 9.17) is 0 Å². The molecule has 0 aliphatic rings. The van der Waals surface area contributed by atoms with Gasteiger partial charge in [0.1, 0.15) is 0 Å². The standard InChI is InChI=1S/C17H14N4OS/c1-2-23-17-19-16-18-14(10-15(22)21(16)20-17)13-8-7-11-5-3-4-6-12(11)9-13/h3-10H,2H2,1H3,(H,18,19,20). The minimum Gasteiger partial charge on any atom is -0.267 e. The van der Waals surface area contributed by atoms with Crippen molar-refractivity contribution in [2.45, 2.75) is 12.1 Å². The van der Waals surface area contributed by atoms with Crippen LogP contribution in [0, 0.1) is 0 Å². The van der Waals surface area contributed by atoms with Gasteiger partial charge in [-0.05, 0) is 22.6 Å². The second-order valence-corrected chi connectivity index (χ2v) is 6.39. The Morgan fingerprint density at radius 3 is 2.74 bits per heavy atom. The van der Waals surface area contributed by atoms with E-state index in [1.165, 1.54) is 10.6 Å². The Hall–Kier alpha value is -2.60. The van der Waals surface area contributed by atoms with Crippen molar-refractivity contribution in [3.05, 3.63) is 58.9 Å². The number of benzene rings is 2. The van der Waals surface area contributed by atoms with Crippen molar-refractivity contribution in [3.8, 4) is 11.3 Å². The number of aromatic amines is 1. The summed E-state index contributed by atoms with van der Waals surface area (Å²) >= 11 is 1.55. The first-order chi connectivity index (χ1) is 11.2. The molecule has 6 heteroatoms. The number of aromatic nitrogens is 4. The Morgan fingerprint density at radius 2 is 1.91 bits per heavy atom. The second-order valence-electron chi connectivity index (χ2n) is 5.14. The lowest BCUT2D eigenvalue weighted by Crippen LogP contribution is -2.14. The van der Waals surface area contributed by atoms with E-state index in [0.29, 0.717) is 16.6 Å². The molecular weight excluding hydrogens is 308 g/mol. The molecule has 0 bridgehead atoms. The van der Waals surface area contributed by atoms with Crippen LogP contribution in [-0.4, -0.2) is 25.3 Å². The monoisotopic (exact) mass is 322 g/mol. The normalized spacial score (nSPS) is 11.3. The van der Waals surface area contributed by atoms with Gasteiger partial charge in [-0.15, -0.1) is 0 Å². The molecule has 0 amide bonds. The third-order valence-electron chi connectivity index (χ3n) is 3.64. The summed E-state index contributed by atoms with van der Waals surface area (Å²) in [6, 6.07) is 15.7. The minimum atomic E-state index is -0.159. The van der Waals surface area contributed by atoms with Gasteiger partial charge in [0.25, 0.3) is 11.3 Å². The summed E-state index contributed by atoms with van der Waals surface area (Å²) in [5.41, 5.74) is 1.39. The fourth-order valence-corrected chi connectivity index (χ4v) is 3.13. The minimum absolute atomic E-state index is 0.159. The number of nitrogens with zero attached hydrogens (tertiary/aromatic N) is 3. The molecule has 2 aromatic heterocycles. The highest BCUT2D eigenvalue weighted by atomic mass is 32.2. The zero-order valence-corrected chi connectivity index (χ0v) is 13.3. The molecule has 114 valence electrons. The average Bonchev–Trinajstić information content (AvgIpc) is 2.98. The maximum atomic E-state index is 12.3. The van der Waals surface area contributed by atoms with Crippen molar-refractivity contribution in [1.29, 1.82) is 0 Å². The molecule has 5 nitrogen and oxygen atoms in total. The van der Waals surface area contributed by atoms with E-state index in [1.807, 2.05) is 37.3 Å². The predicted molar refractivity (Wildman–Crippen MR) is 92.9 cm³/mol. The molecule has 0 saturated carbocycles. The van der Waals surface area contributed by atoms with Gasteiger partial charge >= 0.3 is 0 Å². The lowest BCUT2D eigenvalue weighted by molar-refractivity contribution is 0.851. The molecule has 0 aliphatic heterocycles. The van der Waals surface area contributed by atoms with Gasteiger partial charge < -0.3 is 0 Å². The SMILES string of the molecule is CCSc1nc2nc(-c3ccc4ccccc4c3)cc(=O)n2[nH]1. The molecule has 0 radical (unpaired) electrons. The zero-order chi connectivity index (χ0) is 15.8. The summed E-state index contributed by atoms with van der Waals surface area (Å²) in [5.74, 6) is 1.28. The van der Waals surface area contributed by atoms with Crippen LogP contribution < -0.4 is 5.56 Å². The smallest absolute Gasteiger partial charge is 0.267 e. The van der Waals surface area contributed by atoms with Crippen molar-refractivity contribution in [2.75, 3.05) is 5.75 Å². The van der Waals surface area contributed by atoms with Crippen molar-refractivity contribution in [1.82, 2.24) is 19.6 Å². The van der Waals surface area contributed by atoms with Gasteiger partial charge in [-0.2, -0.15) is 9.50 Å². The van der Waals surface area contributed by atoms with Gasteiger partial charge in [-0.1, -0.05) is 55.1 Å². The van der Waals surface area contributed by atoms with Crippen LogP contribution >= 0.6 is 11.8 Å². The predicted octanol–water partition coefficient (Wildman–Crippen LogP) is 3.35. The van der Waals surface area contributed by atoms with Gasteiger partial charge in [0.05, 0.1) is 5.69 Å². The maximum Gasteiger partial charge on any atom is 0.274 e. The number of hydrogen-bond donors (Lipinski definition) is 1. The van der Waals surface area contributed by atoms with Crippen LogP contribution in [0.25, 0.3) is 27.8 Å². The van der Waals surface area contributed by atoms with E-state index in [0.717, 1.165) is 22.1 Å². The van der Waals surface area contributed by atoms with Crippen LogP contribution in [0.15, 0.2) is 58.5 Å². The number of hydrogen-bond acceptors (Lipinski definition) is 4. The number of fused-ring (bicyclic) bond motifs is 2. The average molecular weight is 322 g/mol. The fraction of sp³-hybridized carbons (Fsp3) is 0.118. The molecule has 4 aromatic rings. The highest BCUT2D eigenvalue weighted by Gasteiger charge is 2.09. The summed E-state index contributed by atoms with van der Waals surface area (Å²) in [4.78, 5) is 21.2. The van der Waals surface area contributed by atoms with Crippen LogP contribution in [0.3, 0.4) is 0 Å². The molecule has 0 saturated heterocycles. The van der Waals surface area contributed by atoms with Crippen LogP contribution in [0.2, 0.25) is 0 Å². The fourth-order valence-electron chi connectivity index (χ4n) is 2.56. The number of rotatable bonds is 3. The lowest BCUT2D eigenvalue weighted by Gasteiger charge is -2.03. The van der Waals surface area contributed by atoms with Crippen LogP contribution in [0.4, 0.5) is 0 Å². The van der Waals surface area contributed by atoms with Crippen molar-refractivity contribution in [2.24, 2.45) is 0 Å². The Balaban J connectivity index is 1.88. The molecular formula is C17H14N4OS. The molecule has 4 rings (SSSR count). The maximum absolute atomic E-state index is 12.3. The lowest BCUT2D eigenvalue weighted by atomic mass is 10.1. The molecule has 0 aliphatic carbocycles. The van der Waals surface area contributed by atoms with Gasteiger partial charge in [-0.25, -0.2) is 4.98 Å². The van der Waals surface area contributed by atoms with Gasteiger partial charge in [-0.3, -0.25) is 9.89 Å². The van der Waals surface area contributed by atoms with E-state index < -0.39 is 0 Å². The largest absolute Gasteiger partial charge is 0.274 e. The van der Waals surface area contributed by atoms with Crippen LogP contribution in [0.5, 0.6) is 0 Å². The van der Waals surface area contributed by atoms with Crippen LogP contribution in [-0.2, 0) is 0 Å². The van der Waals surface area contributed by atoms with E-state index in [2.05, 4.69) is 27.2 Å². The summed E-state index contributed by atoms with van der Waals surface area (Å²) in [6.45, 7) is 2.04. The summed E-state index contributed by atoms with van der Waals surface area (Å²) in [6.07, 6.45) is 0. The van der Waals surface area contributed by atoms with Gasteiger partial charge in [0, 0.05) is 11.6 Å². The number of H-pyrrole nitrogens is 1. The molecule has 2 heterocycles. The van der Waals surface area contributed by atoms with E-state index in [9.17, 15) is 4.79 Å². The van der Waals surface area contributed by atoms with Crippen LogP contribution in [0.1, 0.15) is 6.92 Å². The number of nitrogens with one attached hydrogen (secondary N) is 1. The first-order valence-corrected chi connectivity index (χ1v) is 8.35. The molecule has 1 N–H and O–H groups in total. The van der Waals surface area contributed by atoms with Crippen molar-refractivity contribution >= 4 is 28.3 Å². The quantitative estimate of drug-likeness (QED) is 0.588. The zero-order valence-electron chi connectivity index (χ0n) is 12.5. The highest BCUT2D eigenvalue weighted by Crippen LogP contribution is 2.22. The second kappa shape index (κ2) is 5.55. The Kier molecular flexibility index (Phi) is 3.38. The molecule has 0 spiro atoms. The molecule has 23 heavy (non-hydrogen) atoms. The third-order valence-corrected chi connectivity index (χ3v) is 4.38. The summed E-state index contributed by atoms with van der Waals surface area (Å²) in [7, 11) is 0. The first kappa shape index (κ1) is 14.0. The Bertz CT molecular complexity index is 1070. The summed E-state index contributed by atoms with van der Waals surface area (Å²) < 4.78 is 1.38. The Morgan fingerprint density at radius 1 is 1.09 bits per heavy atom. The van der Waals surface area contributed by atoms with Crippen molar-refractivity contribution < 1.29 is 0 Å². The van der Waals surface area contributed by atoms with E-state index in [-0.39, 0.29) is 5.56 Å².